The van der Waals surface area contributed by atoms with E-state index in [1.807, 2.05) is 0 Å². The predicted octanol–water partition coefficient (Wildman–Crippen LogP) is 1.74. The van der Waals surface area contributed by atoms with Crippen LogP contribution in [0, 0.1) is 12.3 Å². The number of aromatic nitrogens is 2. The van der Waals surface area contributed by atoms with Crippen LogP contribution in [0.2, 0.25) is 0 Å². The molecular weight excluding hydrogens is 431 g/mol. The molecule has 1 fully saturated rings. The molecule has 12 heteroatoms. The van der Waals surface area contributed by atoms with E-state index in [-0.39, 0.29) is 44.5 Å². The topological polar surface area (TPSA) is 135 Å². The number of esters is 1. The fourth-order valence-corrected chi connectivity index (χ4v) is 4.12. The number of nitrogens with zero attached hydrogens (tertiary/aromatic N) is 1. The van der Waals surface area contributed by atoms with Gasteiger partial charge in [-0.25, -0.2) is 9.36 Å². The maximum absolute atomic E-state index is 12.6. The highest BCUT2D eigenvalue weighted by molar-refractivity contribution is 7.48. The van der Waals surface area contributed by atoms with E-state index >= 15 is 0 Å². The zero-order chi connectivity index (χ0) is 23.0. The molecule has 0 amide bonds. The zero-order valence-corrected chi connectivity index (χ0v) is 18.5. The fraction of sp³-hybridized carbons (Fsp3) is 0.632. The van der Waals surface area contributed by atoms with Crippen LogP contribution in [0.15, 0.2) is 21.9 Å². The first-order valence-corrected chi connectivity index (χ1v) is 11.3. The number of carbonyl (C=O) groups is 1. The van der Waals surface area contributed by atoms with E-state index in [1.54, 1.807) is 20.8 Å². The second-order valence-electron chi connectivity index (χ2n) is 7.08. The van der Waals surface area contributed by atoms with Crippen molar-refractivity contribution in [2.45, 2.75) is 64.6 Å². The number of nitrogens with one attached hydrogen (secondary N) is 1. The summed E-state index contributed by atoms with van der Waals surface area (Å²) in [4.78, 5) is 36.9. The highest BCUT2D eigenvalue weighted by Crippen LogP contribution is 2.54. The number of rotatable bonds is 10. The predicted molar refractivity (Wildman–Crippen MR) is 109 cm³/mol. The van der Waals surface area contributed by atoms with Crippen molar-refractivity contribution in [1.29, 1.82) is 0 Å². The van der Waals surface area contributed by atoms with Crippen molar-refractivity contribution < 1.29 is 32.4 Å². The van der Waals surface area contributed by atoms with Gasteiger partial charge in [-0.05, 0) is 27.2 Å². The molecule has 1 aliphatic heterocycles. The number of terminal acetylenes is 1. The van der Waals surface area contributed by atoms with E-state index < -0.39 is 37.5 Å². The summed E-state index contributed by atoms with van der Waals surface area (Å²) in [6, 6.07) is 1.17. The molecule has 11 nitrogen and oxygen atoms in total. The van der Waals surface area contributed by atoms with E-state index in [0.29, 0.717) is 0 Å². The number of phosphoric ester groups is 1. The van der Waals surface area contributed by atoms with Gasteiger partial charge in [-0.3, -0.25) is 32.7 Å². The molecule has 0 bridgehead atoms. The molecule has 0 saturated carbocycles. The van der Waals surface area contributed by atoms with Gasteiger partial charge in [-0.15, -0.1) is 12.3 Å². The van der Waals surface area contributed by atoms with Crippen LogP contribution in [0.3, 0.4) is 0 Å². The molecule has 31 heavy (non-hydrogen) atoms. The Kier molecular flexibility index (Phi) is 9.22. The SMILES string of the molecule is C#CC[C@@H](O[C@@H]1COP(=O)(OCCCC(=O)OC(C)C)O[C@H]1C)n1ccc(=O)[nH]c1=O. The standard InChI is InChI=1S/C19H27N2O9P/c1-5-7-17(21-10-9-16(22)20-19(21)24)29-15-12-27-31(25,30-14(15)4)26-11-6-8-18(23)28-13(2)3/h1,9-10,13-15,17H,6-8,11-12H2,2-4H3,(H,20,22,24)/t14-,15+,17+,31?/m0/s1. The largest absolute Gasteiger partial charge is 0.475 e. The van der Waals surface area contributed by atoms with Gasteiger partial charge in [0.1, 0.15) is 12.3 Å². The Morgan fingerprint density at radius 3 is 2.81 bits per heavy atom. The van der Waals surface area contributed by atoms with Crippen molar-refractivity contribution in [3.05, 3.63) is 33.1 Å². The molecule has 4 atom stereocenters. The quantitative estimate of drug-likeness (QED) is 0.241. The number of phosphoric acid groups is 1. The van der Waals surface area contributed by atoms with E-state index in [2.05, 4.69) is 10.9 Å². The third-order valence-corrected chi connectivity index (χ3v) is 5.70. The van der Waals surface area contributed by atoms with Crippen molar-refractivity contribution in [2.75, 3.05) is 13.2 Å². The average molecular weight is 458 g/mol. The lowest BCUT2D eigenvalue weighted by Crippen LogP contribution is -2.41. The van der Waals surface area contributed by atoms with Gasteiger partial charge in [0.15, 0.2) is 0 Å². The number of carbonyl (C=O) groups excluding carboxylic acids is 1. The van der Waals surface area contributed by atoms with Gasteiger partial charge >= 0.3 is 19.5 Å². The van der Waals surface area contributed by atoms with Gasteiger partial charge in [0, 0.05) is 18.7 Å². The van der Waals surface area contributed by atoms with Gasteiger partial charge in [0.25, 0.3) is 5.56 Å². The van der Waals surface area contributed by atoms with Crippen LogP contribution in [-0.2, 0) is 32.4 Å². The lowest BCUT2D eigenvalue weighted by Gasteiger charge is -2.35. The molecule has 1 aromatic rings. The highest BCUT2D eigenvalue weighted by atomic mass is 31.2. The molecule has 1 aliphatic rings. The Balaban J connectivity index is 1.90. The molecule has 0 aliphatic carbocycles. The molecule has 0 aromatic carbocycles. The third kappa shape index (κ3) is 7.76. The molecule has 2 rings (SSSR count). The van der Waals surface area contributed by atoms with Gasteiger partial charge in [-0.2, -0.15) is 0 Å². The minimum Gasteiger partial charge on any atom is -0.463 e. The first-order valence-electron chi connectivity index (χ1n) is 9.81. The summed E-state index contributed by atoms with van der Waals surface area (Å²) in [5.74, 6) is 2.03. The van der Waals surface area contributed by atoms with Gasteiger partial charge in [0.2, 0.25) is 0 Å². The summed E-state index contributed by atoms with van der Waals surface area (Å²) in [6.45, 7) is 4.96. The molecule has 1 saturated heterocycles. The van der Waals surface area contributed by atoms with Crippen LogP contribution in [0.25, 0.3) is 0 Å². The van der Waals surface area contributed by atoms with Crippen molar-refractivity contribution in [2.24, 2.45) is 0 Å². The summed E-state index contributed by atoms with van der Waals surface area (Å²) < 4.78 is 40.5. The molecule has 2 heterocycles. The number of hydrogen-bond acceptors (Lipinski definition) is 9. The minimum atomic E-state index is -3.83. The number of H-pyrrole nitrogens is 1. The summed E-state index contributed by atoms with van der Waals surface area (Å²) >= 11 is 0. The van der Waals surface area contributed by atoms with Crippen molar-refractivity contribution in [1.82, 2.24) is 9.55 Å². The van der Waals surface area contributed by atoms with Gasteiger partial charge < -0.3 is 9.47 Å². The lowest BCUT2D eigenvalue weighted by molar-refractivity contribution is -0.148. The van der Waals surface area contributed by atoms with Gasteiger partial charge in [0.05, 0.1) is 31.8 Å². The minimum absolute atomic E-state index is 0.0186. The lowest BCUT2D eigenvalue weighted by atomic mass is 10.2. The monoisotopic (exact) mass is 458 g/mol. The van der Waals surface area contributed by atoms with E-state index in [9.17, 15) is 18.9 Å². The summed E-state index contributed by atoms with van der Waals surface area (Å²) in [5, 5.41) is 0. The Bertz CT molecular complexity index is 949. The van der Waals surface area contributed by atoms with Crippen LogP contribution in [-0.4, -0.2) is 47.0 Å². The molecule has 1 N–H and O–H groups in total. The highest BCUT2D eigenvalue weighted by Gasteiger charge is 2.40. The molecule has 0 spiro atoms. The normalized spacial score (nSPS) is 24.5. The number of hydrogen-bond donors (Lipinski definition) is 1. The van der Waals surface area contributed by atoms with Crippen LogP contribution < -0.4 is 11.2 Å². The number of ether oxygens (including phenoxy) is 2. The summed E-state index contributed by atoms with van der Waals surface area (Å²) in [5.41, 5.74) is -1.22. The summed E-state index contributed by atoms with van der Waals surface area (Å²) in [6.07, 6.45) is 4.57. The second-order valence-corrected chi connectivity index (χ2v) is 8.71. The van der Waals surface area contributed by atoms with Crippen LogP contribution >= 0.6 is 7.82 Å². The Hall–Kier alpha value is -2.22. The third-order valence-electron chi connectivity index (χ3n) is 4.14. The maximum atomic E-state index is 12.6. The Labute approximate surface area is 179 Å². The van der Waals surface area contributed by atoms with Crippen molar-refractivity contribution in [3.63, 3.8) is 0 Å². The fourth-order valence-electron chi connectivity index (χ4n) is 2.70. The van der Waals surface area contributed by atoms with Crippen LogP contribution in [0.4, 0.5) is 0 Å². The molecule has 0 radical (unpaired) electrons. The Morgan fingerprint density at radius 1 is 1.45 bits per heavy atom. The molecule has 172 valence electrons. The smallest absolute Gasteiger partial charge is 0.463 e. The van der Waals surface area contributed by atoms with Crippen LogP contribution in [0.5, 0.6) is 0 Å². The van der Waals surface area contributed by atoms with Crippen molar-refractivity contribution >= 4 is 13.8 Å². The molecule has 1 aromatic heterocycles. The first-order chi connectivity index (χ1) is 14.6. The van der Waals surface area contributed by atoms with E-state index in [1.165, 1.54) is 12.3 Å². The maximum Gasteiger partial charge on any atom is 0.475 e. The van der Waals surface area contributed by atoms with E-state index in [0.717, 1.165) is 4.57 Å². The summed E-state index contributed by atoms with van der Waals surface area (Å²) in [7, 11) is -3.83. The first kappa shape index (κ1) is 25.0. The van der Waals surface area contributed by atoms with Crippen LogP contribution in [0.1, 0.15) is 46.3 Å². The van der Waals surface area contributed by atoms with Crippen molar-refractivity contribution in [3.8, 4) is 12.3 Å². The second kappa shape index (κ2) is 11.4. The zero-order valence-electron chi connectivity index (χ0n) is 17.6. The van der Waals surface area contributed by atoms with E-state index in [4.69, 9.17) is 29.5 Å². The average Bonchev–Trinajstić information content (AvgIpc) is 2.67. The number of aromatic amines is 1. The molecular formula is C19H27N2O9P. The van der Waals surface area contributed by atoms with Gasteiger partial charge in [-0.1, -0.05) is 0 Å². The Morgan fingerprint density at radius 2 is 2.19 bits per heavy atom. The molecule has 1 unspecified atom stereocenters.